The second kappa shape index (κ2) is 4.44. The van der Waals surface area contributed by atoms with Gasteiger partial charge in [0.1, 0.15) is 0 Å². The molecule has 0 aliphatic rings. The van der Waals surface area contributed by atoms with Crippen LogP contribution in [-0.2, 0) is 6.18 Å². The first-order chi connectivity index (χ1) is 8.38. The molecular formula is C12H11F3N2O. The predicted molar refractivity (Wildman–Crippen MR) is 58.0 cm³/mol. The molecule has 0 spiro atoms. The fourth-order valence-corrected chi connectivity index (χ4v) is 1.60. The van der Waals surface area contributed by atoms with Crippen molar-refractivity contribution in [1.29, 1.82) is 0 Å². The van der Waals surface area contributed by atoms with Crippen LogP contribution in [-0.4, -0.2) is 10.1 Å². The summed E-state index contributed by atoms with van der Waals surface area (Å²) in [5, 5.41) is 3.75. The Morgan fingerprint density at radius 3 is 2.22 bits per heavy atom. The molecule has 1 heterocycles. The lowest BCUT2D eigenvalue weighted by Gasteiger charge is -2.10. The maximum absolute atomic E-state index is 12.4. The van der Waals surface area contributed by atoms with Crippen molar-refractivity contribution in [2.45, 2.75) is 25.9 Å². The number of hydrogen-bond donors (Lipinski definition) is 0. The van der Waals surface area contributed by atoms with Crippen molar-refractivity contribution >= 4 is 0 Å². The SMILES string of the molecule is Cc1nc([C@H](C)c2ccc(C(F)(F)F)cc2)no1. The highest BCUT2D eigenvalue weighted by molar-refractivity contribution is 5.29. The summed E-state index contributed by atoms with van der Waals surface area (Å²) >= 11 is 0. The molecule has 6 heteroatoms. The molecule has 1 aromatic carbocycles. The highest BCUT2D eigenvalue weighted by Crippen LogP contribution is 2.30. The van der Waals surface area contributed by atoms with Gasteiger partial charge in [0.25, 0.3) is 0 Å². The summed E-state index contributed by atoms with van der Waals surface area (Å²) in [7, 11) is 0. The Bertz CT molecular complexity index is 531. The Kier molecular flexibility index (Phi) is 3.11. The van der Waals surface area contributed by atoms with Crippen molar-refractivity contribution in [3.8, 4) is 0 Å². The van der Waals surface area contributed by atoms with E-state index in [1.54, 1.807) is 6.92 Å². The molecule has 0 unspecified atom stereocenters. The maximum Gasteiger partial charge on any atom is 0.416 e. The summed E-state index contributed by atoms with van der Waals surface area (Å²) in [5.74, 6) is 0.695. The molecule has 0 aliphatic carbocycles. The summed E-state index contributed by atoms with van der Waals surface area (Å²) < 4.78 is 42.1. The minimum absolute atomic E-state index is 0.204. The van der Waals surface area contributed by atoms with Gasteiger partial charge < -0.3 is 4.52 Å². The Hall–Kier alpha value is -1.85. The Morgan fingerprint density at radius 2 is 1.78 bits per heavy atom. The Balaban J connectivity index is 2.24. The molecule has 96 valence electrons. The molecule has 0 radical (unpaired) electrons. The molecule has 0 saturated carbocycles. The lowest BCUT2D eigenvalue weighted by atomic mass is 9.99. The molecule has 0 saturated heterocycles. The second-order valence-corrected chi connectivity index (χ2v) is 4.01. The van der Waals surface area contributed by atoms with Crippen LogP contribution in [0.25, 0.3) is 0 Å². The van der Waals surface area contributed by atoms with Crippen molar-refractivity contribution in [3.05, 3.63) is 47.1 Å². The first-order valence-corrected chi connectivity index (χ1v) is 5.35. The summed E-state index contributed by atoms with van der Waals surface area (Å²) in [4.78, 5) is 4.06. The van der Waals surface area contributed by atoms with E-state index in [1.807, 2.05) is 6.92 Å². The molecule has 2 aromatic rings. The number of rotatable bonds is 2. The van der Waals surface area contributed by atoms with E-state index in [1.165, 1.54) is 12.1 Å². The first kappa shape index (κ1) is 12.6. The van der Waals surface area contributed by atoms with Crippen LogP contribution >= 0.6 is 0 Å². The normalized spacial score (nSPS) is 13.6. The van der Waals surface area contributed by atoms with Crippen molar-refractivity contribution in [1.82, 2.24) is 10.1 Å². The molecule has 0 fully saturated rings. The zero-order valence-electron chi connectivity index (χ0n) is 9.82. The largest absolute Gasteiger partial charge is 0.416 e. The Labute approximate surface area is 102 Å². The van der Waals surface area contributed by atoms with Gasteiger partial charge in [0.15, 0.2) is 5.82 Å². The number of aromatic nitrogens is 2. The average Bonchev–Trinajstić information content (AvgIpc) is 2.74. The minimum Gasteiger partial charge on any atom is -0.340 e. The maximum atomic E-state index is 12.4. The zero-order valence-corrected chi connectivity index (χ0v) is 9.82. The van der Waals surface area contributed by atoms with E-state index in [9.17, 15) is 13.2 Å². The fraction of sp³-hybridized carbons (Fsp3) is 0.333. The van der Waals surface area contributed by atoms with Crippen LogP contribution < -0.4 is 0 Å². The minimum atomic E-state index is -4.31. The summed E-state index contributed by atoms with van der Waals surface area (Å²) in [6.07, 6.45) is -4.31. The molecule has 1 aromatic heterocycles. The quantitative estimate of drug-likeness (QED) is 0.824. The van der Waals surface area contributed by atoms with Crippen LogP contribution in [0.1, 0.15) is 35.7 Å². The monoisotopic (exact) mass is 256 g/mol. The second-order valence-electron chi connectivity index (χ2n) is 4.01. The number of hydrogen-bond acceptors (Lipinski definition) is 3. The topological polar surface area (TPSA) is 38.9 Å². The highest BCUT2D eigenvalue weighted by atomic mass is 19.4. The molecule has 0 bridgehead atoms. The molecule has 0 aliphatic heterocycles. The number of benzene rings is 1. The van der Waals surface area contributed by atoms with Gasteiger partial charge in [0, 0.05) is 12.8 Å². The number of nitrogens with zero attached hydrogens (tertiary/aromatic N) is 2. The molecule has 0 N–H and O–H groups in total. The van der Waals surface area contributed by atoms with Gasteiger partial charge in [0.05, 0.1) is 5.56 Å². The van der Waals surface area contributed by atoms with Crippen molar-refractivity contribution in [2.24, 2.45) is 0 Å². The smallest absolute Gasteiger partial charge is 0.340 e. The van der Waals surface area contributed by atoms with Crippen molar-refractivity contribution in [3.63, 3.8) is 0 Å². The zero-order chi connectivity index (χ0) is 13.3. The van der Waals surface area contributed by atoms with Crippen LogP contribution in [0.4, 0.5) is 13.2 Å². The number of halogens is 3. The fourth-order valence-electron chi connectivity index (χ4n) is 1.60. The van der Waals surface area contributed by atoms with Gasteiger partial charge in [-0.1, -0.05) is 24.2 Å². The van der Waals surface area contributed by atoms with Crippen LogP contribution in [0.15, 0.2) is 28.8 Å². The van der Waals surface area contributed by atoms with E-state index >= 15 is 0 Å². The summed E-state index contributed by atoms with van der Waals surface area (Å²) in [6, 6.07) is 4.97. The van der Waals surface area contributed by atoms with Crippen LogP contribution in [0, 0.1) is 6.92 Å². The molecule has 18 heavy (non-hydrogen) atoms. The van der Waals surface area contributed by atoms with E-state index in [0.29, 0.717) is 17.3 Å². The van der Waals surface area contributed by atoms with Crippen LogP contribution in [0.2, 0.25) is 0 Å². The van der Waals surface area contributed by atoms with Crippen LogP contribution in [0.5, 0.6) is 0 Å². The highest BCUT2D eigenvalue weighted by Gasteiger charge is 2.30. The predicted octanol–water partition coefficient (Wildman–Crippen LogP) is 3.55. The third-order valence-corrected chi connectivity index (χ3v) is 2.67. The van der Waals surface area contributed by atoms with Gasteiger partial charge in [-0.25, -0.2) is 0 Å². The molecule has 1 atom stereocenters. The third-order valence-electron chi connectivity index (χ3n) is 2.67. The van der Waals surface area contributed by atoms with Gasteiger partial charge in [0.2, 0.25) is 5.89 Å². The number of alkyl halides is 3. The van der Waals surface area contributed by atoms with Gasteiger partial charge in [-0.3, -0.25) is 0 Å². The molecular weight excluding hydrogens is 245 g/mol. The first-order valence-electron chi connectivity index (χ1n) is 5.35. The Morgan fingerprint density at radius 1 is 1.17 bits per heavy atom. The van der Waals surface area contributed by atoms with Gasteiger partial charge in [-0.15, -0.1) is 0 Å². The lowest BCUT2D eigenvalue weighted by molar-refractivity contribution is -0.137. The lowest BCUT2D eigenvalue weighted by Crippen LogP contribution is -2.05. The van der Waals surface area contributed by atoms with Crippen LogP contribution in [0.3, 0.4) is 0 Å². The van der Waals surface area contributed by atoms with E-state index in [4.69, 9.17) is 4.52 Å². The molecule has 2 rings (SSSR count). The average molecular weight is 256 g/mol. The molecule has 3 nitrogen and oxygen atoms in total. The number of aryl methyl sites for hydroxylation is 1. The van der Waals surface area contributed by atoms with Crippen molar-refractivity contribution < 1.29 is 17.7 Å². The van der Waals surface area contributed by atoms with Crippen molar-refractivity contribution in [2.75, 3.05) is 0 Å². The summed E-state index contributed by atoms with van der Waals surface area (Å²) in [5.41, 5.74) is 0.0477. The van der Waals surface area contributed by atoms with E-state index in [-0.39, 0.29) is 5.92 Å². The van der Waals surface area contributed by atoms with E-state index < -0.39 is 11.7 Å². The molecule has 0 amide bonds. The van der Waals surface area contributed by atoms with Gasteiger partial charge in [-0.2, -0.15) is 18.2 Å². The third kappa shape index (κ3) is 2.52. The summed E-state index contributed by atoms with van der Waals surface area (Å²) in [6.45, 7) is 3.48. The van der Waals surface area contributed by atoms with Gasteiger partial charge in [-0.05, 0) is 17.7 Å². The van der Waals surface area contributed by atoms with Gasteiger partial charge >= 0.3 is 6.18 Å². The van der Waals surface area contributed by atoms with E-state index in [2.05, 4.69) is 10.1 Å². The standard InChI is InChI=1S/C12H11F3N2O/c1-7(11-16-8(2)18-17-11)9-3-5-10(6-4-9)12(13,14)15/h3-7H,1-2H3/t7-/m1/s1. The van der Waals surface area contributed by atoms with E-state index in [0.717, 1.165) is 12.1 Å².